The molecule has 0 amide bonds. The van der Waals surface area contributed by atoms with Gasteiger partial charge in [-0.05, 0) is 186 Å². The average molecular weight is 1170 g/mol. The molecule has 4 nitrogen and oxygen atoms in total. The highest BCUT2D eigenvalue weighted by molar-refractivity contribution is 6.04. The molecule has 2 spiro atoms. The minimum absolute atomic E-state index is 0.0867. The van der Waals surface area contributed by atoms with Gasteiger partial charge in [-0.1, -0.05) is 243 Å². The molecule has 430 valence electrons. The Hall–Kier alpha value is -11.7. The van der Waals surface area contributed by atoms with Crippen molar-refractivity contribution in [1.82, 2.24) is 0 Å². The maximum Gasteiger partial charge on any atom is 0.0726 e. The van der Waals surface area contributed by atoms with Gasteiger partial charge in [-0.3, -0.25) is 0 Å². The van der Waals surface area contributed by atoms with Gasteiger partial charge in [0.2, 0.25) is 0 Å². The predicted octanol–water partition coefficient (Wildman–Crippen LogP) is 22.6. The second-order valence-corrected chi connectivity index (χ2v) is 25.4. The topological polar surface area (TPSA) is 13.0 Å². The van der Waals surface area contributed by atoms with Crippen LogP contribution in [0.15, 0.2) is 333 Å². The molecule has 2 atom stereocenters. The van der Waals surface area contributed by atoms with Crippen molar-refractivity contribution in [2.75, 3.05) is 19.6 Å². The maximum absolute atomic E-state index is 2.63. The Kier molecular flexibility index (Phi) is 10.8. The molecule has 2 aliphatic heterocycles. The zero-order chi connectivity index (χ0) is 60.2. The van der Waals surface area contributed by atoms with Crippen LogP contribution in [0.5, 0.6) is 0 Å². The summed E-state index contributed by atoms with van der Waals surface area (Å²) in [6, 6.07) is 116. The first kappa shape index (κ1) is 51.2. The third kappa shape index (κ3) is 6.85. The molecule has 2 unspecified atom stereocenters. The van der Waals surface area contributed by atoms with Crippen LogP contribution in [-0.4, -0.2) is 0 Å². The summed E-state index contributed by atoms with van der Waals surface area (Å²) in [7, 11) is 0. The second-order valence-electron chi connectivity index (χ2n) is 25.4. The van der Waals surface area contributed by atoms with Crippen molar-refractivity contribution in [3.8, 4) is 33.4 Å². The van der Waals surface area contributed by atoms with E-state index < -0.39 is 10.8 Å². The number of nitrogens with zero attached hydrogens (tertiary/aromatic N) is 4. The Morgan fingerprint density at radius 3 is 1.12 bits per heavy atom. The van der Waals surface area contributed by atoms with Gasteiger partial charge in [0.15, 0.2) is 0 Å². The fourth-order valence-electron chi connectivity index (χ4n) is 17.6. The lowest BCUT2D eigenvalue weighted by Crippen LogP contribution is -2.35. The molecule has 13 aromatic carbocycles. The van der Waals surface area contributed by atoms with Crippen LogP contribution < -0.4 is 19.6 Å². The molecule has 0 saturated heterocycles. The Balaban J connectivity index is 0.722. The quantitative estimate of drug-likeness (QED) is 0.154. The molecule has 92 heavy (non-hydrogen) atoms. The first-order chi connectivity index (χ1) is 45.7. The average Bonchev–Trinajstić information content (AvgIpc) is 1.51. The lowest BCUT2D eigenvalue weighted by Gasteiger charge is -2.43. The first-order valence-electron chi connectivity index (χ1n) is 32.2. The zero-order valence-electron chi connectivity index (χ0n) is 50.3. The number of para-hydroxylation sites is 10. The summed E-state index contributed by atoms with van der Waals surface area (Å²) in [6.07, 6.45) is 12.3. The van der Waals surface area contributed by atoms with E-state index in [4.69, 9.17) is 0 Å². The Bertz CT molecular complexity index is 5180. The lowest BCUT2D eigenvalue weighted by atomic mass is 9.65. The Labute approximate surface area is 536 Å². The molecule has 0 bridgehead atoms. The van der Waals surface area contributed by atoms with Crippen LogP contribution >= 0.6 is 0 Å². The summed E-state index contributed by atoms with van der Waals surface area (Å²) in [4.78, 5) is 9.82. The molecule has 2 heterocycles. The van der Waals surface area contributed by atoms with Gasteiger partial charge in [0.05, 0.1) is 56.3 Å². The normalized spacial score (nSPS) is 17.0. The fourth-order valence-corrected chi connectivity index (χ4v) is 17.6. The van der Waals surface area contributed by atoms with Crippen molar-refractivity contribution in [1.29, 1.82) is 0 Å². The number of rotatable bonds is 6. The number of hydrogen-bond donors (Lipinski definition) is 0. The van der Waals surface area contributed by atoms with E-state index in [1.165, 1.54) is 94.7 Å². The van der Waals surface area contributed by atoms with Crippen molar-refractivity contribution in [3.05, 3.63) is 389 Å². The zero-order valence-corrected chi connectivity index (χ0v) is 50.3. The van der Waals surface area contributed by atoms with E-state index in [0.29, 0.717) is 0 Å². The minimum atomic E-state index is -0.568. The number of allylic oxidation sites excluding steroid dienone is 3. The van der Waals surface area contributed by atoms with Gasteiger partial charge in [-0.2, -0.15) is 0 Å². The third-order valence-corrected chi connectivity index (χ3v) is 21.1. The smallest absolute Gasteiger partial charge is 0.0726 e. The van der Waals surface area contributed by atoms with Gasteiger partial charge in [-0.25, -0.2) is 0 Å². The molecule has 4 heteroatoms. The molecule has 7 aliphatic rings. The van der Waals surface area contributed by atoms with Crippen LogP contribution in [0.25, 0.3) is 45.5 Å². The summed E-state index contributed by atoms with van der Waals surface area (Å²) >= 11 is 0. The molecule has 0 radical (unpaired) electrons. The largest absolute Gasteiger partial charge is 0.307 e. The van der Waals surface area contributed by atoms with Crippen molar-refractivity contribution in [2.45, 2.75) is 16.7 Å². The number of benzene rings is 13. The van der Waals surface area contributed by atoms with Gasteiger partial charge in [0.1, 0.15) is 0 Å². The summed E-state index contributed by atoms with van der Waals surface area (Å²) in [5.41, 5.74) is 33.7. The Morgan fingerprint density at radius 2 is 0.630 bits per heavy atom. The van der Waals surface area contributed by atoms with Gasteiger partial charge in [-0.15, -0.1) is 0 Å². The molecule has 13 aromatic rings. The molecular formula is C88H58N4. The highest BCUT2D eigenvalue weighted by Gasteiger charge is 2.58. The van der Waals surface area contributed by atoms with Crippen molar-refractivity contribution < 1.29 is 0 Å². The van der Waals surface area contributed by atoms with Crippen LogP contribution in [0.4, 0.5) is 62.6 Å². The molecular weight excluding hydrogens is 1110 g/mol. The maximum atomic E-state index is 2.63. The molecule has 0 aromatic heterocycles. The van der Waals surface area contributed by atoms with E-state index in [9.17, 15) is 0 Å². The van der Waals surface area contributed by atoms with E-state index in [0.717, 1.165) is 62.6 Å². The summed E-state index contributed by atoms with van der Waals surface area (Å²) in [5.74, 6) is 0.237. The second kappa shape index (κ2) is 19.4. The summed E-state index contributed by atoms with van der Waals surface area (Å²) in [5, 5.41) is 0. The minimum Gasteiger partial charge on any atom is -0.307 e. The molecule has 0 N–H and O–H groups in total. The van der Waals surface area contributed by atoms with Crippen LogP contribution in [0.2, 0.25) is 0 Å². The van der Waals surface area contributed by atoms with Gasteiger partial charge >= 0.3 is 0 Å². The van der Waals surface area contributed by atoms with Crippen molar-refractivity contribution >= 4 is 74.7 Å². The SMILES string of the molecule is C1=CC2c3ccc(/C=C/c4ccc5c(c4)C4(c6ccccc6-c6ccccc64)c4cc(N6c7ccccc7N(c7ccccc7)c7ccccc76)ccc4-5)cc3C3(c4ccccc4-c4ccccc43)C2C=C1N1c2ccccc2N(c2ccccc2)c2ccccc21. The van der Waals surface area contributed by atoms with Gasteiger partial charge < -0.3 is 19.6 Å². The number of anilines is 11. The summed E-state index contributed by atoms with van der Waals surface area (Å²) in [6.45, 7) is 0. The first-order valence-corrected chi connectivity index (χ1v) is 32.2. The van der Waals surface area contributed by atoms with Crippen LogP contribution in [-0.2, 0) is 10.8 Å². The molecule has 5 aliphatic carbocycles. The standard InChI is InChI=1S/C88H58N4/c1-3-23-59(24-4-1)89-79-35-15-19-39-83(79)91(84-40-20-16-36-80(84)89)61-47-51-69-67-49-45-57(53-75(67)87(77(69)55-61)71-31-11-7-27-63(71)64-28-8-12-32-72(64)87)43-44-58-46-50-68-70-52-48-62(56-78(70)88(76(68)54-58)73-33-13-9-29-65(73)66-30-10-14-34-74(66)88)92-85-41-21-17-37-81(85)90(60-25-5-2-6-26-60)82-38-18-22-42-86(82)92/h1-56,69,77H/b44-43+. The third-order valence-electron chi connectivity index (χ3n) is 21.1. The van der Waals surface area contributed by atoms with Crippen LogP contribution in [0, 0.1) is 5.92 Å². The highest BCUT2D eigenvalue weighted by atomic mass is 15.3. The Morgan fingerprint density at radius 1 is 0.272 bits per heavy atom. The predicted molar refractivity (Wildman–Crippen MR) is 380 cm³/mol. The van der Waals surface area contributed by atoms with E-state index in [1.54, 1.807) is 0 Å². The van der Waals surface area contributed by atoms with Crippen LogP contribution in [0.3, 0.4) is 0 Å². The molecule has 0 saturated carbocycles. The number of hydrogen-bond acceptors (Lipinski definition) is 4. The van der Waals surface area contributed by atoms with E-state index in [2.05, 4.69) is 359 Å². The number of fused-ring (bicyclic) bond motifs is 24. The van der Waals surface area contributed by atoms with E-state index in [-0.39, 0.29) is 11.8 Å². The summed E-state index contributed by atoms with van der Waals surface area (Å²) < 4.78 is 0. The van der Waals surface area contributed by atoms with Gasteiger partial charge in [0, 0.05) is 34.6 Å². The molecule has 0 fully saturated rings. The monoisotopic (exact) mass is 1170 g/mol. The van der Waals surface area contributed by atoms with Crippen molar-refractivity contribution in [2.24, 2.45) is 5.92 Å². The lowest BCUT2D eigenvalue weighted by molar-refractivity contribution is 0.462. The highest BCUT2D eigenvalue weighted by Crippen LogP contribution is 2.68. The van der Waals surface area contributed by atoms with Crippen molar-refractivity contribution in [3.63, 3.8) is 0 Å². The molecule has 20 rings (SSSR count). The van der Waals surface area contributed by atoms with Gasteiger partial charge in [0.25, 0.3) is 0 Å². The van der Waals surface area contributed by atoms with Crippen LogP contribution in [0.1, 0.15) is 61.6 Å². The van der Waals surface area contributed by atoms with E-state index in [1.807, 2.05) is 0 Å². The van der Waals surface area contributed by atoms with E-state index >= 15 is 0 Å². The fraction of sp³-hybridized carbons (Fsp3) is 0.0455.